The molecule has 0 heterocycles. The van der Waals surface area contributed by atoms with Gasteiger partial charge in [0.25, 0.3) is 5.91 Å². The van der Waals surface area contributed by atoms with Gasteiger partial charge in [0.15, 0.2) is 6.10 Å². The van der Waals surface area contributed by atoms with Gasteiger partial charge in [-0.2, -0.15) is 9.98 Å². The number of carbonyl (C=O) groups excluding carboxylic acids is 2. The number of carbonyl (C=O) groups is 2. The Morgan fingerprint density at radius 1 is 1.21 bits per heavy atom. The maximum Gasteiger partial charge on any atom is 0.321 e. The van der Waals surface area contributed by atoms with Crippen molar-refractivity contribution >= 4 is 27.6 Å². The van der Waals surface area contributed by atoms with E-state index in [1.807, 2.05) is 10.8 Å². The van der Waals surface area contributed by atoms with Crippen LogP contribution in [0.4, 0.5) is 10.1 Å². The van der Waals surface area contributed by atoms with Gasteiger partial charge in [0.2, 0.25) is 10.0 Å². The van der Waals surface area contributed by atoms with Crippen molar-refractivity contribution < 1.29 is 27.1 Å². The van der Waals surface area contributed by atoms with E-state index in [4.69, 9.17) is 10.00 Å². The van der Waals surface area contributed by atoms with Crippen molar-refractivity contribution in [2.24, 2.45) is 0 Å². The van der Waals surface area contributed by atoms with Crippen LogP contribution in [0.15, 0.2) is 53.4 Å². The lowest BCUT2D eigenvalue weighted by Gasteiger charge is -2.14. The minimum atomic E-state index is -3.99. The Morgan fingerprint density at radius 3 is 2.50 bits per heavy atom. The van der Waals surface area contributed by atoms with Crippen LogP contribution in [0.1, 0.15) is 12.5 Å². The zero-order valence-corrected chi connectivity index (χ0v) is 15.5. The number of halogens is 1. The van der Waals surface area contributed by atoms with E-state index in [0.717, 1.165) is 6.07 Å². The summed E-state index contributed by atoms with van der Waals surface area (Å²) in [6.07, 6.45) is -1.23. The predicted molar refractivity (Wildman–Crippen MR) is 96.9 cm³/mol. The molecular formula is C18H16FN3O5S. The highest BCUT2D eigenvalue weighted by molar-refractivity contribution is 7.89. The summed E-state index contributed by atoms with van der Waals surface area (Å²) in [6, 6.07) is 12.1. The predicted octanol–water partition coefficient (Wildman–Crippen LogP) is 1.55. The van der Waals surface area contributed by atoms with E-state index in [1.54, 1.807) is 0 Å². The summed E-state index contributed by atoms with van der Waals surface area (Å²) in [5.74, 6) is -2.22. The van der Waals surface area contributed by atoms with E-state index in [0.29, 0.717) is 0 Å². The van der Waals surface area contributed by atoms with E-state index in [-0.39, 0.29) is 16.1 Å². The average Bonchev–Trinajstić information content (AvgIpc) is 2.66. The lowest BCUT2D eigenvalue weighted by molar-refractivity contribution is -0.151. The van der Waals surface area contributed by atoms with E-state index in [9.17, 15) is 22.4 Å². The van der Waals surface area contributed by atoms with Gasteiger partial charge in [-0.25, -0.2) is 12.8 Å². The number of benzene rings is 2. The Balaban J connectivity index is 1.88. The number of hydrogen-bond donors (Lipinski definition) is 2. The molecular weight excluding hydrogens is 389 g/mol. The first-order valence-corrected chi connectivity index (χ1v) is 9.45. The molecule has 0 aliphatic heterocycles. The summed E-state index contributed by atoms with van der Waals surface area (Å²) in [5.41, 5.74) is 0.478. The molecule has 1 atom stereocenters. The largest absolute Gasteiger partial charge is 0.452 e. The molecule has 10 heteroatoms. The quantitative estimate of drug-likeness (QED) is 0.673. The fourth-order valence-corrected chi connectivity index (χ4v) is 3.02. The first-order valence-electron chi connectivity index (χ1n) is 7.97. The van der Waals surface area contributed by atoms with E-state index < -0.39 is 40.4 Å². The Labute approximate surface area is 161 Å². The minimum absolute atomic E-state index is 0.129. The first kappa shape index (κ1) is 21.0. The van der Waals surface area contributed by atoms with Crippen molar-refractivity contribution in [3.05, 3.63) is 59.9 Å². The molecule has 0 fully saturated rings. The maximum absolute atomic E-state index is 13.1. The summed E-state index contributed by atoms with van der Waals surface area (Å²) in [5, 5.41) is 11.1. The molecule has 0 saturated heterocycles. The Kier molecular flexibility index (Phi) is 6.81. The molecule has 0 saturated carbocycles. The number of nitriles is 1. The number of nitrogens with one attached hydrogen (secondary N) is 2. The smallest absolute Gasteiger partial charge is 0.321 e. The average molecular weight is 405 g/mol. The SMILES string of the molecule is CC(OC(=O)CNS(=O)(=O)c1ccc(C#N)cc1)C(=O)Nc1cccc(F)c1. The number of hydrogen-bond acceptors (Lipinski definition) is 6. The van der Waals surface area contributed by atoms with E-state index in [1.165, 1.54) is 49.4 Å². The number of esters is 1. The van der Waals surface area contributed by atoms with Crippen molar-refractivity contribution in [3.63, 3.8) is 0 Å². The molecule has 1 amide bonds. The molecule has 2 rings (SSSR count). The molecule has 0 aliphatic carbocycles. The topological polar surface area (TPSA) is 125 Å². The second-order valence-corrected chi connectivity index (χ2v) is 7.36. The summed E-state index contributed by atoms with van der Waals surface area (Å²) in [6.45, 7) is 0.599. The number of rotatable bonds is 7. The highest BCUT2D eigenvalue weighted by Crippen LogP contribution is 2.11. The summed E-state index contributed by atoms with van der Waals surface area (Å²) in [7, 11) is -3.99. The Bertz CT molecular complexity index is 1020. The normalized spacial score (nSPS) is 11.9. The summed E-state index contributed by atoms with van der Waals surface area (Å²) < 4.78 is 44.2. The van der Waals surface area contributed by atoms with Crippen LogP contribution in [0.25, 0.3) is 0 Å². The molecule has 2 N–H and O–H groups in total. The number of amides is 1. The van der Waals surface area contributed by atoms with E-state index in [2.05, 4.69) is 5.32 Å². The second-order valence-electron chi connectivity index (χ2n) is 5.59. The second kappa shape index (κ2) is 9.07. The van der Waals surface area contributed by atoms with Crippen molar-refractivity contribution in [3.8, 4) is 6.07 Å². The first-order chi connectivity index (χ1) is 13.2. The van der Waals surface area contributed by atoms with Crippen molar-refractivity contribution in [2.45, 2.75) is 17.9 Å². The number of nitrogens with zero attached hydrogens (tertiary/aromatic N) is 1. The molecule has 2 aromatic carbocycles. The van der Waals surface area contributed by atoms with Crippen molar-refractivity contribution in [1.29, 1.82) is 5.26 Å². The van der Waals surface area contributed by atoms with Crippen LogP contribution < -0.4 is 10.0 Å². The minimum Gasteiger partial charge on any atom is -0.452 e. The lowest BCUT2D eigenvalue weighted by Crippen LogP contribution is -2.35. The molecule has 2 aromatic rings. The summed E-state index contributed by atoms with van der Waals surface area (Å²) >= 11 is 0. The molecule has 0 spiro atoms. The van der Waals surface area contributed by atoms with E-state index >= 15 is 0 Å². The van der Waals surface area contributed by atoms with Gasteiger partial charge in [-0.15, -0.1) is 0 Å². The van der Waals surface area contributed by atoms with Gasteiger partial charge in [0, 0.05) is 5.69 Å². The van der Waals surface area contributed by atoms with Gasteiger partial charge in [-0.05, 0) is 49.4 Å². The fraction of sp³-hybridized carbons (Fsp3) is 0.167. The molecule has 8 nitrogen and oxygen atoms in total. The van der Waals surface area contributed by atoms with Crippen molar-refractivity contribution in [2.75, 3.05) is 11.9 Å². The monoisotopic (exact) mass is 405 g/mol. The standard InChI is InChI=1S/C18H16FN3O5S/c1-12(18(24)22-15-4-2-3-14(19)9-15)27-17(23)11-21-28(25,26)16-7-5-13(10-20)6-8-16/h2-9,12,21H,11H2,1H3,(H,22,24). The number of anilines is 1. The molecule has 28 heavy (non-hydrogen) atoms. The molecule has 0 aliphatic rings. The van der Waals surface area contributed by atoms with Gasteiger partial charge in [-0.1, -0.05) is 6.07 Å². The van der Waals surface area contributed by atoms with Gasteiger partial charge < -0.3 is 10.1 Å². The third kappa shape index (κ3) is 5.87. The van der Waals surface area contributed by atoms with Crippen LogP contribution in [-0.2, 0) is 24.3 Å². The summed E-state index contributed by atoms with van der Waals surface area (Å²) in [4.78, 5) is 23.6. The molecule has 0 bridgehead atoms. The third-order valence-electron chi connectivity index (χ3n) is 3.47. The van der Waals surface area contributed by atoms with Crippen LogP contribution in [0.5, 0.6) is 0 Å². The Hall–Kier alpha value is -3.29. The van der Waals surface area contributed by atoms with Gasteiger partial charge in [-0.3, -0.25) is 9.59 Å². The third-order valence-corrected chi connectivity index (χ3v) is 4.89. The molecule has 1 unspecified atom stereocenters. The van der Waals surface area contributed by atoms with Crippen LogP contribution >= 0.6 is 0 Å². The van der Waals surface area contributed by atoms with Crippen molar-refractivity contribution in [1.82, 2.24) is 4.72 Å². The fourth-order valence-electron chi connectivity index (χ4n) is 2.05. The number of ether oxygens (including phenoxy) is 1. The van der Waals surface area contributed by atoms with Gasteiger partial charge in [0.05, 0.1) is 16.5 Å². The highest BCUT2D eigenvalue weighted by Gasteiger charge is 2.20. The molecule has 146 valence electrons. The zero-order chi connectivity index (χ0) is 20.7. The van der Waals surface area contributed by atoms with Gasteiger partial charge in [0.1, 0.15) is 12.4 Å². The molecule has 0 aromatic heterocycles. The van der Waals surface area contributed by atoms with Crippen LogP contribution in [0.2, 0.25) is 0 Å². The number of sulfonamides is 1. The zero-order valence-electron chi connectivity index (χ0n) is 14.7. The maximum atomic E-state index is 13.1. The van der Waals surface area contributed by atoms with Crippen LogP contribution in [-0.4, -0.2) is 32.9 Å². The highest BCUT2D eigenvalue weighted by atomic mass is 32.2. The van der Waals surface area contributed by atoms with Crippen LogP contribution in [0, 0.1) is 17.1 Å². The lowest BCUT2D eigenvalue weighted by atomic mass is 10.2. The van der Waals surface area contributed by atoms with Crippen LogP contribution in [0.3, 0.4) is 0 Å². The Morgan fingerprint density at radius 2 is 1.89 bits per heavy atom. The van der Waals surface area contributed by atoms with Gasteiger partial charge >= 0.3 is 5.97 Å². The molecule has 0 radical (unpaired) electrons.